The number of hydrogen-bond acceptors (Lipinski definition) is 2. The first-order valence-corrected chi connectivity index (χ1v) is 7.90. The first-order chi connectivity index (χ1) is 9.25. The molecule has 1 aromatic rings. The van der Waals surface area contributed by atoms with Gasteiger partial charge in [0.25, 0.3) is 0 Å². The van der Waals surface area contributed by atoms with Gasteiger partial charge in [0.2, 0.25) is 0 Å². The van der Waals surface area contributed by atoms with Gasteiger partial charge >= 0.3 is 0 Å². The van der Waals surface area contributed by atoms with Gasteiger partial charge in [0.05, 0.1) is 0 Å². The molecule has 1 fully saturated rings. The fourth-order valence-corrected chi connectivity index (χ4v) is 2.97. The van der Waals surface area contributed by atoms with Crippen molar-refractivity contribution in [3.8, 4) is 0 Å². The van der Waals surface area contributed by atoms with Crippen LogP contribution >= 0.6 is 15.9 Å². The Balaban J connectivity index is 1.62. The van der Waals surface area contributed by atoms with Crippen LogP contribution in [0.3, 0.4) is 0 Å². The number of nitrogens with one attached hydrogen (secondary N) is 2. The maximum atomic E-state index is 13.5. The molecule has 1 heterocycles. The lowest BCUT2D eigenvalue weighted by Gasteiger charge is -2.22. The molecule has 0 spiro atoms. The molecule has 1 aromatic carbocycles. The summed E-state index contributed by atoms with van der Waals surface area (Å²) in [5, 5.41) is 6.85. The van der Waals surface area contributed by atoms with Gasteiger partial charge in [0.15, 0.2) is 0 Å². The molecule has 1 aliphatic heterocycles. The minimum Gasteiger partial charge on any atom is -0.316 e. The molecular formula is C15H22BrFN2. The zero-order chi connectivity index (χ0) is 13.5. The summed E-state index contributed by atoms with van der Waals surface area (Å²) in [5.41, 5.74) is 0.779. The van der Waals surface area contributed by atoms with Crippen molar-refractivity contribution in [1.82, 2.24) is 10.6 Å². The SMILES string of the molecule is Fc1ccc(Br)cc1CCNCCC1CCCNC1. The summed E-state index contributed by atoms with van der Waals surface area (Å²) in [5.74, 6) is 0.699. The second-order valence-corrected chi connectivity index (χ2v) is 6.15. The van der Waals surface area contributed by atoms with Gasteiger partial charge in [-0.05, 0) is 81.5 Å². The first-order valence-electron chi connectivity index (χ1n) is 7.11. The summed E-state index contributed by atoms with van der Waals surface area (Å²) >= 11 is 3.38. The van der Waals surface area contributed by atoms with Gasteiger partial charge in [-0.3, -0.25) is 0 Å². The van der Waals surface area contributed by atoms with Gasteiger partial charge in [0.1, 0.15) is 5.82 Å². The van der Waals surface area contributed by atoms with E-state index in [1.54, 1.807) is 6.07 Å². The lowest BCUT2D eigenvalue weighted by molar-refractivity contribution is 0.352. The highest BCUT2D eigenvalue weighted by Gasteiger charge is 2.11. The maximum Gasteiger partial charge on any atom is 0.126 e. The predicted molar refractivity (Wildman–Crippen MR) is 80.9 cm³/mol. The van der Waals surface area contributed by atoms with Crippen LogP contribution in [0.2, 0.25) is 0 Å². The quantitative estimate of drug-likeness (QED) is 0.784. The molecule has 0 saturated carbocycles. The number of piperidine rings is 1. The Hall–Kier alpha value is -0.450. The molecule has 0 aromatic heterocycles. The zero-order valence-corrected chi connectivity index (χ0v) is 12.8. The predicted octanol–water partition coefficient (Wildman–Crippen LogP) is 3.11. The summed E-state index contributed by atoms with van der Waals surface area (Å²) in [6, 6.07) is 5.12. The van der Waals surface area contributed by atoms with Crippen LogP contribution in [0.1, 0.15) is 24.8 Å². The summed E-state index contributed by atoms with van der Waals surface area (Å²) in [6.45, 7) is 4.20. The van der Waals surface area contributed by atoms with E-state index < -0.39 is 0 Å². The largest absolute Gasteiger partial charge is 0.316 e. The van der Waals surface area contributed by atoms with Crippen molar-refractivity contribution in [2.24, 2.45) is 5.92 Å². The van der Waals surface area contributed by atoms with Crippen LogP contribution in [0.25, 0.3) is 0 Å². The molecule has 0 bridgehead atoms. The minimum atomic E-state index is -0.110. The Morgan fingerprint density at radius 2 is 2.26 bits per heavy atom. The van der Waals surface area contributed by atoms with Crippen molar-refractivity contribution in [2.45, 2.75) is 25.7 Å². The molecule has 2 N–H and O–H groups in total. The number of halogens is 2. The van der Waals surface area contributed by atoms with Crippen molar-refractivity contribution >= 4 is 15.9 Å². The summed E-state index contributed by atoms with van der Waals surface area (Å²) in [7, 11) is 0. The highest BCUT2D eigenvalue weighted by Crippen LogP contribution is 2.16. The van der Waals surface area contributed by atoms with Crippen LogP contribution in [-0.2, 0) is 6.42 Å². The van der Waals surface area contributed by atoms with E-state index in [0.717, 1.165) is 42.0 Å². The molecule has 0 aliphatic carbocycles. The van der Waals surface area contributed by atoms with E-state index in [-0.39, 0.29) is 5.82 Å². The first kappa shape index (κ1) is 14.9. The molecule has 4 heteroatoms. The number of rotatable bonds is 6. The molecule has 1 unspecified atom stereocenters. The fourth-order valence-electron chi connectivity index (χ4n) is 2.56. The minimum absolute atomic E-state index is 0.110. The average Bonchev–Trinajstić information content (AvgIpc) is 2.43. The van der Waals surface area contributed by atoms with E-state index >= 15 is 0 Å². The summed E-state index contributed by atoms with van der Waals surface area (Å²) in [6.07, 6.45) is 4.60. The second-order valence-electron chi connectivity index (χ2n) is 5.24. The van der Waals surface area contributed by atoms with Crippen molar-refractivity contribution in [2.75, 3.05) is 26.2 Å². The van der Waals surface area contributed by atoms with Crippen LogP contribution in [0.4, 0.5) is 4.39 Å². The Bertz CT molecular complexity index is 392. The molecule has 1 atom stereocenters. The van der Waals surface area contributed by atoms with E-state index in [0.29, 0.717) is 0 Å². The van der Waals surface area contributed by atoms with E-state index in [4.69, 9.17) is 0 Å². The van der Waals surface area contributed by atoms with Gasteiger partial charge in [-0.15, -0.1) is 0 Å². The lowest BCUT2D eigenvalue weighted by Crippen LogP contribution is -2.32. The van der Waals surface area contributed by atoms with Crippen molar-refractivity contribution < 1.29 is 4.39 Å². The van der Waals surface area contributed by atoms with Gasteiger partial charge in [0, 0.05) is 4.47 Å². The number of hydrogen-bond donors (Lipinski definition) is 2. The number of benzene rings is 1. The third-order valence-corrected chi connectivity index (χ3v) is 4.20. The van der Waals surface area contributed by atoms with Crippen molar-refractivity contribution in [1.29, 1.82) is 0 Å². The van der Waals surface area contributed by atoms with E-state index in [9.17, 15) is 4.39 Å². The topological polar surface area (TPSA) is 24.1 Å². The van der Waals surface area contributed by atoms with E-state index in [1.165, 1.54) is 31.9 Å². The van der Waals surface area contributed by atoms with Crippen molar-refractivity contribution in [3.05, 3.63) is 34.1 Å². The molecule has 2 rings (SSSR count). The molecule has 2 nitrogen and oxygen atoms in total. The van der Waals surface area contributed by atoms with Gasteiger partial charge in [-0.1, -0.05) is 15.9 Å². The highest BCUT2D eigenvalue weighted by atomic mass is 79.9. The Morgan fingerprint density at radius 1 is 1.37 bits per heavy atom. The van der Waals surface area contributed by atoms with Crippen molar-refractivity contribution in [3.63, 3.8) is 0 Å². The van der Waals surface area contributed by atoms with Gasteiger partial charge in [-0.2, -0.15) is 0 Å². The zero-order valence-electron chi connectivity index (χ0n) is 11.2. The Kier molecular flexibility index (Phi) is 6.28. The van der Waals surface area contributed by atoms with Crippen LogP contribution in [0, 0.1) is 11.7 Å². The molecule has 0 amide bonds. The van der Waals surface area contributed by atoms with Crippen LogP contribution in [0.5, 0.6) is 0 Å². The molecule has 1 saturated heterocycles. The third-order valence-electron chi connectivity index (χ3n) is 3.71. The second kappa shape index (κ2) is 7.98. The monoisotopic (exact) mass is 328 g/mol. The smallest absolute Gasteiger partial charge is 0.126 e. The Morgan fingerprint density at radius 3 is 3.05 bits per heavy atom. The molecule has 19 heavy (non-hydrogen) atoms. The summed E-state index contributed by atoms with van der Waals surface area (Å²) in [4.78, 5) is 0. The normalized spacial score (nSPS) is 19.6. The van der Waals surface area contributed by atoms with E-state index in [2.05, 4.69) is 26.6 Å². The van der Waals surface area contributed by atoms with Crippen LogP contribution in [-0.4, -0.2) is 26.2 Å². The Labute approximate surface area is 123 Å². The van der Waals surface area contributed by atoms with Gasteiger partial charge < -0.3 is 10.6 Å². The standard InChI is InChI=1S/C15H22BrFN2/c16-14-3-4-15(17)13(10-14)6-9-18-8-5-12-2-1-7-19-11-12/h3-4,10,12,18-19H,1-2,5-9,11H2. The van der Waals surface area contributed by atoms with E-state index in [1.807, 2.05) is 6.07 Å². The highest BCUT2D eigenvalue weighted by molar-refractivity contribution is 9.10. The lowest BCUT2D eigenvalue weighted by atomic mass is 9.96. The maximum absolute atomic E-state index is 13.5. The summed E-state index contributed by atoms with van der Waals surface area (Å²) < 4.78 is 14.5. The van der Waals surface area contributed by atoms with Crippen LogP contribution < -0.4 is 10.6 Å². The molecular weight excluding hydrogens is 307 g/mol. The van der Waals surface area contributed by atoms with Crippen LogP contribution in [0.15, 0.2) is 22.7 Å². The molecule has 0 radical (unpaired) electrons. The average molecular weight is 329 g/mol. The fraction of sp³-hybridized carbons (Fsp3) is 0.600. The molecule has 1 aliphatic rings. The van der Waals surface area contributed by atoms with Gasteiger partial charge in [-0.25, -0.2) is 4.39 Å². The third kappa shape index (κ3) is 5.21. The molecule has 106 valence electrons.